The summed E-state index contributed by atoms with van der Waals surface area (Å²) in [5.74, 6) is 0.614. The first-order chi connectivity index (χ1) is 10.7. The third-order valence-corrected chi connectivity index (χ3v) is 4.43. The Hall–Kier alpha value is -1.42. The fourth-order valence-corrected chi connectivity index (χ4v) is 2.99. The van der Waals surface area contributed by atoms with Gasteiger partial charge >= 0.3 is 0 Å². The molecular weight excluding hydrogens is 274 g/mol. The SMILES string of the molecule is OC1C=C(C2CC2)C=C(C(O)CNCCc2ccccc2)C1. The smallest absolute Gasteiger partial charge is 0.0878 e. The number of aliphatic hydroxyl groups excluding tert-OH is 2. The van der Waals surface area contributed by atoms with E-state index in [0.29, 0.717) is 18.9 Å². The minimum Gasteiger partial charge on any atom is -0.389 e. The zero-order chi connectivity index (χ0) is 15.4. The molecule has 1 fully saturated rings. The van der Waals surface area contributed by atoms with E-state index in [1.54, 1.807) is 0 Å². The van der Waals surface area contributed by atoms with Crippen LogP contribution in [0.3, 0.4) is 0 Å². The summed E-state index contributed by atoms with van der Waals surface area (Å²) < 4.78 is 0. The molecule has 0 saturated heterocycles. The summed E-state index contributed by atoms with van der Waals surface area (Å²) in [6.07, 6.45) is 7.06. The molecule has 1 aromatic rings. The zero-order valence-electron chi connectivity index (χ0n) is 12.9. The minimum atomic E-state index is -0.507. The average molecular weight is 299 g/mol. The van der Waals surface area contributed by atoms with Crippen molar-refractivity contribution in [2.24, 2.45) is 5.92 Å². The monoisotopic (exact) mass is 299 g/mol. The Labute approximate surface area is 132 Å². The summed E-state index contributed by atoms with van der Waals surface area (Å²) in [5.41, 5.74) is 3.48. The number of nitrogens with one attached hydrogen (secondary N) is 1. The Morgan fingerprint density at radius 2 is 1.95 bits per heavy atom. The molecule has 3 rings (SSSR count). The number of hydrogen-bond donors (Lipinski definition) is 3. The standard InChI is InChI=1S/C19H25NO2/c21-18-11-16(15-6-7-15)10-17(12-18)19(22)13-20-9-8-14-4-2-1-3-5-14/h1-5,10-11,15,18-22H,6-9,12-13H2. The van der Waals surface area contributed by atoms with Crippen LogP contribution in [0.4, 0.5) is 0 Å². The first-order valence-corrected chi connectivity index (χ1v) is 8.25. The Bertz CT molecular complexity index is 546. The molecular formula is C19H25NO2. The summed E-state index contributed by atoms with van der Waals surface area (Å²) in [4.78, 5) is 0. The van der Waals surface area contributed by atoms with Crippen molar-refractivity contribution in [1.82, 2.24) is 5.32 Å². The second-order valence-corrected chi connectivity index (χ2v) is 6.39. The molecule has 1 aromatic carbocycles. The van der Waals surface area contributed by atoms with Crippen LogP contribution in [-0.4, -0.2) is 35.5 Å². The topological polar surface area (TPSA) is 52.5 Å². The van der Waals surface area contributed by atoms with Gasteiger partial charge in [-0.15, -0.1) is 0 Å². The van der Waals surface area contributed by atoms with Crippen LogP contribution in [0, 0.1) is 5.92 Å². The van der Waals surface area contributed by atoms with E-state index in [9.17, 15) is 10.2 Å². The number of aliphatic hydroxyl groups is 2. The Kier molecular flexibility index (Phi) is 5.08. The molecule has 118 valence electrons. The largest absolute Gasteiger partial charge is 0.389 e. The van der Waals surface area contributed by atoms with Crippen LogP contribution >= 0.6 is 0 Å². The highest BCUT2D eigenvalue weighted by Crippen LogP contribution is 2.40. The fourth-order valence-electron chi connectivity index (χ4n) is 2.99. The molecule has 1 saturated carbocycles. The Morgan fingerprint density at radius 3 is 2.68 bits per heavy atom. The van der Waals surface area contributed by atoms with Crippen molar-refractivity contribution in [1.29, 1.82) is 0 Å². The van der Waals surface area contributed by atoms with Crippen molar-refractivity contribution in [2.75, 3.05) is 13.1 Å². The minimum absolute atomic E-state index is 0.436. The lowest BCUT2D eigenvalue weighted by atomic mass is 9.91. The quantitative estimate of drug-likeness (QED) is 0.677. The number of allylic oxidation sites excluding steroid dienone is 2. The molecule has 0 bridgehead atoms. The average Bonchev–Trinajstić information content (AvgIpc) is 3.36. The van der Waals surface area contributed by atoms with Gasteiger partial charge in [0.2, 0.25) is 0 Å². The van der Waals surface area contributed by atoms with Crippen LogP contribution < -0.4 is 5.32 Å². The molecule has 3 N–H and O–H groups in total. The van der Waals surface area contributed by atoms with Gasteiger partial charge < -0.3 is 15.5 Å². The van der Waals surface area contributed by atoms with E-state index in [1.807, 2.05) is 24.3 Å². The molecule has 0 heterocycles. The molecule has 0 spiro atoms. The second kappa shape index (κ2) is 7.23. The van der Waals surface area contributed by atoms with E-state index in [-0.39, 0.29) is 0 Å². The molecule has 2 unspecified atom stereocenters. The molecule has 22 heavy (non-hydrogen) atoms. The summed E-state index contributed by atoms with van der Waals surface area (Å²) in [6, 6.07) is 10.3. The van der Waals surface area contributed by atoms with Crippen LogP contribution in [0.1, 0.15) is 24.8 Å². The maximum atomic E-state index is 10.3. The predicted octanol–water partition coefficient (Wildman–Crippen LogP) is 2.21. The maximum Gasteiger partial charge on any atom is 0.0878 e. The van der Waals surface area contributed by atoms with Gasteiger partial charge in [0.1, 0.15) is 0 Å². The summed E-state index contributed by atoms with van der Waals surface area (Å²) in [5, 5.41) is 23.6. The Morgan fingerprint density at radius 1 is 1.18 bits per heavy atom. The molecule has 0 aliphatic heterocycles. The van der Waals surface area contributed by atoms with Gasteiger partial charge in [0.25, 0.3) is 0 Å². The van der Waals surface area contributed by atoms with Crippen molar-refractivity contribution < 1.29 is 10.2 Å². The molecule has 0 aromatic heterocycles. The highest BCUT2D eigenvalue weighted by molar-refractivity contribution is 5.35. The van der Waals surface area contributed by atoms with Crippen molar-refractivity contribution in [3.63, 3.8) is 0 Å². The van der Waals surface area contributed by atoms with Gasteiger partial charge in [0, 0.05) is 13.0 Å². The zero-order valence-corrected chi connectivity index (χ0v) is 12.9. The van der Waals surface area contributed by atoms with Crippen LogP contribution in [0.5, 0.6) is 0 Å². The number of benzene rings is 1. The molecule has 2 atom stereocenters. The van der Waals surface area contributed by atoms with Crippen LogP contribution in [0.15, 0.2) is 53.6 Å². The van der Waals surface area contributed by atoms with Gasteiger partial charge in [-0.05, 0) is 48.4 Å². The van der Waals surface area contributed by atoms with Gasteiger partial charge in [-0.1, -0.05) is 42.5 Å². The van der Waals surface area contributed by atoms with E-state index in [2.05, 4.69) is 23.5 Å². The van der Waals surface area contributed by atoms with Crippen LogP contribution in [-0.2, 0) is 6.42 Å². The lowest BCUT2D eigenvalue weighted by Gasteiger charge is -2.22. The van der Waals surface area contributed by atoms with Crippen molar-refractivity contribution >= 4 is 0 Å². The summed E-state index contributed by atoms with van der Waals surface area (Å²) in [6.45, 7) is 1.39. The van der Waals surface area contributed by atoms with Gasteiger partial charge in [0.05, 0.1) is 12.2 Å². The van der Waals surface area contributed by atoms with Crippen molar-refractivity contribution in [2.45, 2.75) is 37.9 Å². The first kappa shape index (κ1) is 15.5. The van der Waals surface area contributed by atoms with E-state index < -0.39 is 12.2 Å². The molecule has 3 nitrogen and oxygen atoms in total. The third kappa shape index (κ3) is 4.29. The van der Waals surface area contributed by atoms with E-state index in [0.717, 1.165) is 18.5 Å². The third-order valence-electron chi connectivity index (χ3n) is 4.43. The molecule has 0 radical (unpaired) electrons. The van der Waals surface area contributed by atoms with Crippen molar-refractivity contribution in [3.8, 4) is 0 Å². The summed E-state index contributed by atoms with van der Waals surface area (Å²) in [7, 11) is 0. The van der Waals surface area contributed by atoms with Gasteiger partial charge in [-0.3, -0.25) is 0 Å². The fraction of sp³-hybridized carbons (Fsp3) is 0.474. The second-order valence-electron chi connectivity index (χ2n) is 6.39. The van der Waals surface area contributed by atoms with Crippen LogP contribution in [0.25, 0.3) is 0 Å². The van der Waals surface area contributed by atoms with E-state index >= 15 is 0 Å². The Balaban J connectivity index is 1.45. The first-order valence-electron chi connectivity index (χ1n) is 8.25. The predicted molar refractivity (Wildman–Crippen MR) is 88.5 cm³/mol. The highest BCUT2D eigenvalue weighted by Gasteiger charge is 2.28. The molecule has 2 aliphatic carbocycles. The van der Waals surface area contributed by atoms with Gasteiger partial charge in [-0.25, -0.2) is 0 Å². The molecule has 2 aliphatic rings. The number of hydrogen-bond acceptors (Lipinski definition) is 3. The summed E-state index contributed by atoms with van der Waals surface area (Å²) >= 11 is 0. The lowest BCUT2D eigenvalue weighted by molar-refractivity contribution is 0.174. The van der Waals surface area contributed by atoms with Crippen molar-refractivity contribution in [3.05, 3.63) is 59.2 Å². The normalized spacial score (nSPS) is 22.9. The highest BCUT2D eigenvalue weighted by atomic mass is 16.3. The van der Waals surface area contributed by atoms with Gasteiger partial charge in [-0.2, -0.15) is 0 Å². The number of rotatable bonds is 7. The molecule has 3 heteroatoms. The molecule has 0 amide bonds. The van der Waals surface area contributed by atoms with E-state index in [4.69, 9.17) is 0 Å². The maximum absolute atomic E-state index is 10.3. The van der Waals surface area contributed by atoms with E-state index in [1.165, 1.54) is 24.0 Å². The van der Waals surface area contributed by atoms with Gasteiger partial charge in [0.15, 0.2) is 0 Å². The lowest BCUT2D eigenvalue weighted by Crippen LogP contribution is -2.31. The van der Waals surface area contributed by atoms with Crippen LogP contribution in [0.2, 0.25) is 0 Å².